The van der Waals surface area contributed by atoms with Crippen molar-refractivity contribution in [2.24, 2.45) is 0 Å². The van der Waals surface area contributed by atoms with E-state index < -0.39 is 0 Å². The zero-order chi connectivity index (χ0) is 15.5. The predicted octanol–water partition coefficient (Wildman–Crippen LogP) is 1.76. The number of nitrogens with one attached hydrogen (secondary N) is 1. The molecule has 0 bridgehead atoms. The van der Waals surface area contributed by atoms with Crippen LogP contribution in [0, 0.1) is 0 Å². The molecule has 0 atom stereocenters. The van der Waals surface area contributed by atoms with E-state index in [4.69, 9.17) is 14.2 Å². The van der Waals surface area contributed by atoms with Gasteiger partial charge in [0, 0.05) is 38.9 Å². The standard InChI is InChI=1S/C16H28N2O3/c1-5-21-15-8-6-7-14(16(15)20-4)13-17-9-10-18(2)11-12-19-3/h6-8,17H,5,9-13H2,1-4H3. The molecule has 120 valence electrons. The summed E-state index contributed by atoms with van der Waals surface area (Å²) >= 11 is 0. The topological polar surface area (TPSA) is 43.0 Å². The SMILES string of the molecule is CCOc1cccc(CNCCN(C)CCOC)c1OC. The van der Waals surface area contributed by atoms with E-state index in [1.807, 2.05) is 19.1 Å². The second-order valence-electron chi connectivity index (χ2n) is 4.85. The van der Waals surface area contributed by atoms with Crippen LogP contribution in [0.5, 0.6) is 11.5 Å². The highest BCUT2D eigenvalue weighted by Gasteiger charge is 2.09. The number of benzene rings is 1. The second-order valence-corrected chi connectivity index (χ2v) is 4.85. The lowest BCUT2D eigenvalue weighted by atomic mass is 10.2. The summed E-state index contributed by atoms with van der Waals surface area (Å²) in [6.45, 7) is 6.99. The Bertz CT molecular complexity index is 399. The number of methoxy groups -OCH3 is 2. The first-order valence-corrected chi connectivity index (χ1v) is 7.39. The first-order valence-electron chi connectivity index (χ1n) is 7.39. The maximum Gasteiger partial charge on any atom is 0.165 e. The molecule has 0 saturated heterocycles. The summed E-state index contributed by atoms with van der Waals surface area (Å²) in [5.41, 5.74) is 1.11. The Kier molecular flexibility index (Phi) is 8.82. The van der Waals surface area contributed by atoms with Crippen molar-refractivity contribution in [1.29, 1.82) is 0 Å². The highest BCUT2D eigenvalue weighted by atomic mass is 16.5. The Hall–Kier alpha value is -1.30. The third kappa shape index (κ3) is 6.33. The summed E-state index contributed by atoms with van der Waals surface area (Å²) < 4.78 is 16.1. The fraction of sp³-hybridized carbons (Fsp3) is 0.625. The summed E-state index contributed by atoms with van der Waals surface area (Å²) in [5.74, 6) is 1.62. The molecule has 0 aliphatic rings. The zero-order valence-corrected chi connectivity index (χ0v) is 13.6. The molecule has 0 aliphatic heterocycles. The van der Waals surface area contributed by atoms with Gasteiger partial charge < -0.3 is 24.4 Å². The van der Waals surface area contributed by atoms with Crippen molar-refractivity contribution in [3.05, 3.63) is 23.8 Å². The van der Waals surface area contributed by atoms with Crippen molar-refractivity contribution in [3.63, 3.8) is 0 Å². The lowest BCUT2D eigenvalue weighted by molar-refractivity contribution is 0.161. The van der Waals surface area contributed by atoms with Crippen molar-refractivity contribution in [1.82, 2.24) is 10.2 Å². The van der Waals surface area contributed by atoms with Crippen LogP contribution in [-0.2, 0) is 11.3 Å². The average molecular weight is 296 g/mol. The molecule has 5 nitrogen and oxygen atoms in total. The largest absolute Gasteiger partial charge is 0.493 e. The van der Waals surface area contributed by atoms with Gasteiger partial charge in [0.1, 0.15) is 0 Å². The van der Waals surface area contributed by atoms with E-state index >= 15 is 0 Å². The highest BCUT2D eigenvalue weighted by Crippen LogP contribution is 2.30. The lowest BCUT2D eigenvalue weighted by Gasteiger charge is -2.17. The first-order chi connectivity index (χ1) is 10.2. The molecule has 0 amide bonds. The van der Waals surface area contributed by atoms with Crippen LogP contribution in [0.15, 0.2) is 18.2 Å². The molecular formula is C16H28N2O3. The van der Waals surface area contributed by atoms with Crippen LogP contribution in [0.25, 0.3) is 0 Å². The van der Waals surface area contributed by atoms with Gasteiger partial charge in [-0.15, -0.1) is 0 Å². The number of rotatable bonds is 11. The predicted molar refractivity (Wildman–Crippen MR) is 85.2 cm³/mol. The third-order valence-electron chi connectivity index (χ3n) is 3.23. The van der Waals surface area contributed by atoms with Gasteiger partial charge in [0.2, 0.25) is 0 Å². The van der Waals surface area contributed by atoms with E-state index in [-0.39, 0.29) is 0 Å². The average Bonchev–Trinajstić information content (AvgIpc) is 2.50. The molecule has 21 heavy (non-hydrogen) atoms. The summed E-state index contributed by atoms with van der Waals surface area (Å²) in [6, 6.07) is 5.99. The van der Waals surface area contributed by atoms with Crippen LogP contribution in [0.4, 0.5) is 0 Å². The lowest BCUT2D eigenvalue weighted by Crippen LogP contribution is -2.31. The van der Waals surface area contributed by atoms with E-state index in [2.05, 4.69) is 23.3 Å². The van der Waals surface area contributed by atoms with Gasteiger partial charge in [-0.2, -0.15) is 0 Å². The summed E-state index contributed by atoms with van der Waals surface area (Å²) in [5, 5.41) is 3.44. The second kappa shape index (κ2) is 10.4. The minimum absolute atomic E-state index is 0.636. The van der Waals surface area contributed by atoms with Gasteiger partial charge in [-0.25, -0.2) is 0 Å². The number of ether oxygens (including phenoxy) is 3. The van der Waals surface area contributed by atoms with Crippen LogP contribution < -0.4 is 14.8 Å². The molecule has 0 aromatic heterocycles. The smallest absolute Gasteiger partial charge is 0.165 e. The molecule has 0 aliphatic carbocycles. The van der Waals surface area contributed by atoms with Crippen LogP contribution in [0.1, 0.15) is 12.5 Å². The molecule has 0 spiro atoms. The molecular weight excluding hydrogens is 268 g/mol. The number of hydrogen-bond acceptors (Lipinski definition) is 5. The summed E-state index contributed by atoms with van der Waals surface area (Å²) in [7, 11) is 5.50. The molecule has 1 N–H and O–H groups in total. The number of nitrogens with zero attached hydrogens (tertiary/aromatic N) is 1. The molecule has 0 fully saturated rings. The van der Waals surface area contributed by atoms with Crippen LogP contribution in [0.2, 0.25) is 0 Å². The summed E-state index contributed by atoms with van der Waals surface area (Å²) in [6.07, 6.45) is 0. The molecule has 0 heterocycles. The van der Waals surface area contributed by atoms with Gasteiger partial charge in [-0.05, 0) is 20.0 Å². The molecule has 0 unspecified atom stereocenters. The van der Waals surface area contributed by atoms with E-state index in [9.17, 15) is 0 Å². The van der Waals surface area contributed by atoms with Crippen molar-refractivity contribution in [2.45, 2.75) is 13.5 Å². The van der Waals surface area contributed by atoms with E-state index in [1.54, 1.807) is 14.2 Å². The Labute approximate surface area is 128 Å². The van der Waals surface area contributed by atoms with Crippen LogP contribution in [-0.4, -0.2) is 59.0 Å². The van der Waals surface area contributed by atoms with Crippen molar-refractivity contribution >= 4 is 0 Å². The van der Waals surface area contributed by atoms with Crippen molar-refractivity contribution < 1.29 is 14.2 Å². The van der Waals surface area contributed by atoms with Gasteiger partial charge >= 0.3 is 0 Å². The van der Waals surface area contributed by atoms with Gasteiger partial charge in [-0.3, -0.25) is 0 Å². The van der Waals surface area contributed by atoms with E-state index in [0.29, 0.717) is 6.61 Å². The van der Waals surface area contributed by atoms with Gasteiger partial charge in [0.05, 0.1) is 20.3 Å². The van der Waals surface area contributed by atoms with Crippen LogP contribution >= 0.6 is 0 Å². The Morgan fingerprint density at radius 3 is 2.67 bits per heavy atom. The van der Waals surface area contributed by atoms with Crippen molar-refractivity contribution in [2.75, 3.05) is 54.1 Å². The van der Waals surface area contributed by atoms with Crippen LogP contribution in [0.3, 0.4) is 0 Å². The number of likely N-dealkylation sites (N-methyl/N-ethyl adjacent to an activating group) is 1. The maximum absolute atomic E-state index is 5.58. The fourth-order valence-corrected chi connectivity index (χ4v) is 2.05. The number of para-hydroxylation sites is 1. The van der Waals surface area contributed by atoms with Gasteiger partial charge in [0.25, 0.3) is 0 Å². The normalized spacial score (nSPS) is 10.9. The minimum Gasteiger partial charge on any atom is -0.493 e. The minimum atomic E-state index is 0.636. The Morgan fingerprint density at radius 2 is 2.00 bits per heavy atom. The third-order valence-corrected chi connectivity index (χ3v) is 3.23. The molecule has 1 rings (SSSR count). The maximum atomic E-state index is 5.58. The highest BCUT2D eigenvalue weighted by molar-refractivity contribution is 5.46. The van der Waals surface area contributed by atoms with E-state index in [1.165, 1.54) is 0 Å². The molecule has 5 heteroatoms. The van der Waals surface area contributed by atoms with E-state index in [0.717, 1.165) is 49.8 Å². The Morgan fingerprint density at radius 1 is 1.19 bits per heavy atom. The van der Waals surface area contributed by atoms with Gasteiger partial charge in [0.15, 0.2) is 11.5 Å². The van der Waals surface area contributed by atoms with Gasteiger partial charge in [-0.1, -0.05) is 12.1 Å². The molecule has 0 radical (unpaired) electrons. The monoisotopic (exact) mass is 296 g/mol. The Balaban J connectivity index is 2.42. The first kappa shape index (κ1) is 17.8. The summed E-state index contributed by atoms with van der Waals surface area (Å²) in [4.78, 5) is 2.24. The molecule has 0 saturated carbocycles. The molecule has 1 aromatic carbocycles. The fourth-order valence-electron chi connectivity index (χ4n) is 2.05. The molecule has 1 aromatic rings. The quantitative estimate of drug-likeness (QED) is 0.630. The van der Waals surface area contributed by atoms with Crippen molar-refractivity contribution in [3.8, 4) is 11.5 Å². The number of hydrogen-bond donors (Lipinski definition) is 1. The zero-order valence-electron chi connectivity index (χ0n) is 13.6.